The molecule has 1 saturated heterocycles. The molecular weight excluding hydrogens is 459 g/mol. The van der Waals surface area contributed by atoms with Gasteiger partial charge in [0.15, 0.2) is 0 Å². The van der Waals surface area contributed by atoms with Gasteiger partial charge in [0.1, 0.15) is 18.5 Å². The second-order valence-electron chi connectivity index (χ2n) is 8.65. The third-order valence-corrected chi connectivity index (χ3v) is 7.07. The number of rotatable bonds is 10. The van der Waals surface area contributed by atoms with Crippen LogP contribution in [0, 0.1) is 5.92 Å². The largest absolute Gasteiger partial charge is 0.494 e. The topological polar surface area (TPSA) is 50.8 Å². The van der Waals surface area contributed by atoms with Gasteiger partial charge in [-0.2, -0.15) is 0 Å². The van der Waals surface area contributed by atoms with Crippen LogP contribution in [0.15, 0.2) is 54.5 Å². The highest BCUT2D eigenvalue weighted by molar-refractivity contribution is 6.42. The average Bonchev–Trinajstić information content (AvgIpc) is 2.82. The van der Waals surface area contributed by atoms with E-state index in [9.17, 15) is 4.79 Å². The zero-order valence-corrected chi connectivity index (χ0v) is 21.0. The maximum absolute atomic E-state index is 13.3. The normalized spacial score (nSPS) is 20.9. The maximum atomic E-state index is 13.3. The van der Waals surface area contributed by atoms with Crippen LogP contribution in [0.25, 0.3) is 0 Å². The minimum Gasteiger partial charge on any atom is -0.494 e. The average molecular weight is 493 g/mol. The van der Waals surface area contributed by atoms with E-state index >= 15 is 0 Å². The lowest BCUT2D eigenvalue weighted by molar-refractivity contribution is -0.122. The smallest absolute Gasteiger partial charge is 0.232 e. The highest BCUT2D eigenvalue weighted by Crippen LogP contribution is 2.32. The van der Waals surface area contributed by atoms with Crippen LogP contribution in [0.2, 0.25) is 10.0 Å². The van der Waals surface area contributed by atoms with Gasteiger partial charge in [-0.05, 0) is 49.5 Å². The van der Waals surface area contributed by atoms with E-state index in [2.05, 4.69) is 16.8 Å². The first kappa shape index (κ1) is 25.8. The van der Waals surface area contributed by atoms with Crippen molar-refractivity contribution in [1.82, 2.24) is 10.2 Å². The van der Waals surface area contributed by atoms with Gasteiger partial charge < -0.3 is 14.8 Å². The summed E-state index contributed by atoms with van der Waals surface area (Å²) in [7, 11) is 1.68. The van der Waals surface area contributed by atoms with Crippen molar-refractivity contribution < 1.29 is 14.3 Å². The fraction of sp³-hybridized carbons (Fsp3) is 0.500. The molecule has 3 atom stereocenters. The van der Waals surface area contributed by atoms with Crippen LogP contribution in [0.3, 0.4) is 0 Å². The van der Waals surface area contributed by atoms with Crippen molar-refractivity contribution in [3.05, 3.63) is 70.1 Å². The minimum absolute atomic E-state index is 0.0950. The first-order chi connectivity index (χ1) is 15.9. The molecule has 1 heterocycles. The molecule has 1 aromatic carbocycles. The standard InChI is InChI=1S/C26H34Cl2N2O3/c1-4-18(2)25(19-8-10-21(27)22(28)16-19)26(31)29-20-9-11-23(32-3)24(17-20)33-15-14-30-12-6-5-7-13-30/h4,8-10,16-18,23,25H,1,5-7,11-15H2,2-3H3,(H,29,31). The Morgan fingerprint density at radius 3 is 2.70 bits per heavy atom. The second-order valence-corrected chi connectivity index (χ2v) is 9.47. The van der Waals surface area contributed by atoms with Gasteiger partial charge in [0.25, 0.3) is 0 Å². The van der Waals surface area contributed by atoms with Crippen molar-refractivity contribution in [2.75, 3.05) is 33.4 Å². The lowest BCUT2D eigenvalue weighted by atomic mass is 9.86. The van der Waals surface area contributed by atoms with Gasteiger partial charge in [0, 0.05) is 31.8 Å². The molecule has 0 bridgehead atoms. The van der Waals surface area contributed by atoms with E-state index in [0.29, 0.717) is 28.8 Å². The Bertz CT molecular complexity index is 894. The summed E-state index contributed by atoms with van der Waals surface area (Å²) in [6, 6.07) is 5.29. The Labute approximate surface area is 207 Å². The SMILES string of the molecule is C=CC(C)C(C(=O)NC1=CCC(OC)C(OCCN2CCCCC2)=C1)c1ccc(Cl)c(Cl)c1. The van der Waals surface area contributed by atoms with Gasteiger partial charge in [0.2, 0.25) is 5.91 Å². The molecule has 7 heteroatoms. The number of nitrogens with zero attached hydrogens (tertiary/aromatic N) is 1. The summed E-state index contributed by atoms with van der Waals surface area (Å²) in [6.07, 6.45) is 9.92. The zero-order valence-electron chi connectivity index (χ0n) is 19.5. The molecule has 1 aliphatic heterocycles. The van der Waals surface area contributed by atoms with Crippen LogP contribution in [0.5, 0.6) is 0 Å². The molecule has 180 valence electrons. The number of carbonyl (C=O) groups is 1. The molecule has 3 unspecified atom stereocenters. The summed E-state index contributed by atoms with van der Waals surface area (Å²) < 4.78 is 11.7. The van der Waals surface area contributed by atoms with Crippen LogP contribution >= 0.6 is 23.2 Å². The number of hydrogen-bond donors (Lipinski definition) is 1. The zero-order chi connectivity index (χ0) is 23.8. The number of methoxy groups -OCH3 is 1. The molecule has 1 aliphatic carbocycles. The molecule has 1 aromatic rings. The highest BCUT2D eigenvalue weighted by Gasteiger charge is 2.28. The molecule has 3 rings (SSSR count). The summed E-state index contributed by atoms with van der Waals surface area (Å²) in [5, 5.41) is 3.94. The maximum Gasteiger partial charge on any atom is 0.232 e. The van der Waals surface area contributed by atoms with Gasteiger partial charge in [-0.25, -0.2) is 0 Å². The predicted octanol–water partition coefficient (Wildman–Crippen LogP) is 5.70. The monoisotopic (exact) mass is 492 g/mol. The van der Waals surface area contributed by atoms with Crippen LogP contribution in [-0.2, 0) is 14.3 Å². The fourth-order valence-electron chi connectivity index (χ4n) is 4.32. The third kappa shape index (κ3) is 7.10. The van der Waals surface area contributed by atoms with Gasteiger partial charge in [-0.1, -0.05) is 54.8 Å². The molecule has 1 fully saturated rings. The molecule has 2 aliphatic rings. The van der Waals surface area contributed by atoms with E-state index in [1.165, 1.54) is 19.3 Å². The Kier molecular flexibility index (Phi) is 9.87. The van der Waals surface area contributed by atoms with Crippen molar-refractivity contribution >= 4 is 29.1 Å². The summed E-state index contributed by atoms with van der Waals surface area (Å²) in [5.41, 5.74) is 1.50. The van der Waals surface area contributed by atoms with E-state index in [1.54, 1.807) is 25.3 Å². The van der Waals surface area contributed by atoms with Crippen molar-refractivity contribution in [3.8, 4) is 0 Å². The molecule has 0 spiro atoms. The van der Waals surface area contributed by atoms with Crippen molar-refractivity contribution in [2.24, 2.45) is 5.92 Å². The molecular formula is C26H34Cl2N2O3. The predicted molar refractivity (Wildman–Crippen MR) is 135 cm³/mol. The quantitative estimate of drug-likeness (QED) is 0.425. The minimum atomic E-state index is -0.449. The van der Waals surface area contributed by atoms with E-state index in [1.807, 2.05) is 25.1 Å². The molecule has 33 heavy (non-hydrogen) atoms. The summed E-state index contributed by atoms with van der Waals surface area (Å²) >= 11 is 12.3. The second kappa shape index (κ2) is 12.6. The van der Waals surface area contributed by atoms with Gasteiger partial charge in [-0.3, -0.25) is 9.69 Å². The van der Waals surface area contributed by atoms with Crippen molar-refractivity contribution in [3.63, 3.8) is 0 Å². The Morgan fingerprint density at radius 1 is 1.27 bits per heavy atom. The number of benzene rings is 1. The fourth-order valence-corrected chi connectivity index (χ4v) is 4.63. The number of amides is 1. The number of ether oxygens (including phenoxy) is 2. The van der Waals surface area contributed by atoms with E-state index in [0.717, 1.165) is 31.0 Å². The molecule has 0 aromatic heterocycles. The van der Waals surface area contributed by atoms with E-state index in [-0.39, 0.29) is 17.9 Å². The molecule has 0 radical (unpaired) electrons. The van der Waals surface area contributed by atoms with Crippen LogP contribution in [-0.4, -0.2) is 50.3 Å². The summed E-state index contributed by atoms with van der Waals surface area (Å²) in [6.45, 7) is 9.60. The highest BCUT2D eigenvalue weighted by atomic mass is 35.5. The van der Waals surface area contributed by atoms with Crippen LogP contribution in [0.4, 0.5) is 0 Å². The number of carbonyl (C=O) groups excluding carboxylic acids is 1. The van der Waals surface area contributed by atoms with Gasteiger partial charge >= 0.3 is 0 Å². The lowest BCUT2D eigenvalue weighted by Gasteiger charge is -2.28. The van der Waals surface area contributed by atoms with Gasteiger partial charge in [-0.15, -0.1) is 6.58 Å². The molecule has 5 nitrogen and oxygen atoms in total. The van der Waals surface area contributed by atoms with E-state index in [4.69, 9.17) is 32.7 Å². The van der Waals surface area contributed by atoms with Crippen molar-refractivity contribution in [2.45, 2.75) is 44.6 Å². The first-order valence-electron chi connectivity index (χ1n) is 11.6. The Hall–Kier alpha value is -1.79. The number of piperidine rings is 1. The van der Waals surface area contributed by atoms with Gasteiger partial charge in [0.05, 0.1) is 16.0 Å². The first-order valence-corrected chi connectivity index (χ1v) is 12.4. The van der Waals surface area contributed by atoms with Crippen molar-refractivity contribution in [1.29, 1.82) is 0 Å². The number of hydrogen-bond acceptors (Lipinski definition) is 4. The molecule has 0 saturated carbocycles. The van der Waals surface area contributed by atoms with E-state index < -0.39 is 5.92 Å². The Balaban J connectivity index is 1.68. The third-order valence-electron chi connectivity index (χ3n) is 6.33. The number of nitrogens with one attached hydrogen (secondary N) is 1. The van der Waals surface area contributed by atoms with Crippen LogP contribution < -0.4 is 5.32 Å². The molecule has 1 N–H and O–H groups in total. The number of likely N-dealkylation sites (tertiary alicyclic amines) is 1. The summed E-state index contributed by atoms with van der Waals surface area (Å²) in [5.74, 6) is 0.0690. The molecule has 1 amide bonds. The Morgan fingerprint density at radius 2 is 2.03 bits per heavy atom. The summed E-state index contributed by atoms with van der Waals surface area (Å²) in [4.78, 5) is 15.7. The lowest BCUT2D eigenvalue weighted by Crippen LogP contribution is -2.34. The van der Waals surface area contributed by atoms with Crippen LogP contribution in [0.1, 0.15) is 44.1 Å². The number of halogens is 2. The number of allylic oxidation sites excluding steroid dienone is 2.